The summed E-state index contributed by atoms with van der Waals surface area (Å²) in [6.07, 6.45) is 0. The van der Waals surface area contributed by atoms with Gasteiger partial charge in [0.05, 0.1) is 12.8 Å². The highest BCUT2D eigenvalue weighted by Crippen LogP contribution is 2.28. The number of rotatable bonds is 4. The van der Waals surface area contributed by atoms with Crippen LogP contribution < -0.4 is 9.46 Å². The van der Waals surface area contributed by atoms with Crippen molar-refractivity contribution in [2.45, 2.75) is 0 Å². The number of nitrogens with one attached hydrogen (secondary N) is 1. The van der Waals surface area contributed by atoms with E-state index in [2.05, 4.69) is 36.6 Å². The number of benzene rings is 1. The first-order valence-corrected chi connectivity index (χ1v) is 7.45. The van der Waals surface area contributed by atoms with Crippen LogP contribution in [0.1, 0.15) is 0 Å². The Kier molecular flexibility index (Phi) is 4.42. The minimum atomic E-state index is -3.36. The highest BCUT2D eigenvalue weighted by atomic mass is 79.9. The van der Waals surface area contributed by atoms with E-state index in [0.717, 1.165) is 4.47 Å². The molecular formula is C8H9Br2NO3S. The van der Waals surface area contributed by atoms with Gasteiger partial charge in [-0.15, -0.1) is 0 Å². The summed E-state index contributed by atoms with van der Waals surface area (Å²) in [7, 11) is -1.87. The number of sulfonamides is 1. The fourth-order valence-corrected chi connectivity index (χ4v) is 2.21. The third-order valence-electron chi connectivity index (χ3n) is 1.57. The van der Waals surface area contributed by atoms with Crippen LogP contribution >= 0.6 is 31.9 Å². The molecule has 0 fully saturated rings. The van der Waals surface area contributed by atoms with Gasteiger partial charge in [0, 0.05) is 4.47 Å². The molecule has 0 saturated carbocycles. The lowest BCUT2D eigenvalue weighted by Crippen LogP contribution is -2.13. The quantitative estimate of drug-likeness (QED) is 0.841. The van der Waals surface area contributed by atoms with E-state index in [1.54, 1.807) is 18.2 Å². The highest BCUT2D eigenvalue weighted by molar-refractivity contribution is 9.11. The monoisotopic (exact) mass is 357 g/mol. The van der Waals surface area contributed by atoms with Crippen molar-refractivity contribution >= 4 is 47.6 Å². The Bertz CT molecular complexity index is 447. The lowest BCUT2D eigenvalue weighted by Gasteiger charge is -2.10. The van der Waals surface area contributed by atoms with Gasteiger partial charge in [-0.05, 0) is 18.2 Å². The second-order valence-corrected chi connectivity index (χ2v) is 6.61. The molecule has 1 N–H and O–H groups in total. The van der Waals surface area contributed by atoms with Gasteiger partial charge in [0.15, 0.2) is 0 Å². The average molecular weight is 359 g/mol. The van der Waals surface area contributed by atoms with Gasteiger partial charge in [-0.1, -0.05) is 31.9 Å². The molecule has 84 valence electrons. The van der Waals surface area contributed by atoms with Crippen LogP contribution in [0.5, 0.6) is 5.75 Å². The van der Waals surface area contributed by atoms with E-state index in [1.807, 2.05) is 0 Å². The summed E-state index contributed by atoms with van der Waals surface area (Å²) in [4.78, 5) is 0. The Morgan fingerprint density at radius 3 is 2.67 bits per heavy atom. The predicted octanol–water partition coefficient (Wildman–Crippen LogP) is 2.55. The Balaban J connectivity index is 3.08. The first-order valence-electron chi connectivity index (χ1n) is 3.88. The van der Waals surface area contributed by atoms with Crippen molar-refractivity contribution in [2.24, 2.45) is 0 Å². The molecule has 0 atom stereocenters. The van der Waals surface area contributed by atoms with Crippen molar-refractivity contribution < 1.29 is 13.2 Å². The maximum Gasteiger partial charge on any atom is 0.242 e. The molecule has 0 heterocycles. The van der Waals surface area contributed by atoms with E-state index in [-0.39, 0.29) is 4.66 Å². The van der Waals surface area contributed by atoms with Crippen molar-refractivity contribution in [1.82, 2.24) is 0 Å². The summed E-state index contributed by atoms with van der Waals surface area (Å²) in [5.74, 6) is 0.475. The Labute approximate surface area is 105 Å². The molecule has 15 heavy (non-hydrogen) atoms. The molecule has 0 aliphatic carbocycles. The van der Waals surface area contributed by atoms with Gasteiger partial charge >= 0.3 is 0 Å². The molecule has 1 rings (SSSR count). The van der Waals surface area contributed by atoms with Crippen LogP contribution in [0.25, 0.3) is 0 Å². The molecule has 1 aromatic carbocycles. The van der Waals surface area contributed by atoms with Gasteiger partial charge in [0.1, 0.15) is 10.4 Å². The molecule has 0 aliphatic heterocycles. The highest BCUT2D eigenvalue weighted by Gasteiger charge is 2.11. The topological polar surface area (TPSA) is 55.4 Å². The number of methoxy groups -OCH3 is 1. The molecule has 4 nitrogen and oxygen atoms in total. The Morgan fingerprint density at radius 2 is 2.13 bits per heavy atom. The molecule has 7 heteroatoms. The van der Waals surface area contributed by atoms with Crippen LogP contribution in [0.15, 0.2) is 22.7 Å². The van der Waals surface area contributed by atoms with Crippen molar-refractivity contribution in [3.05, 3.63) is 22.7 Å². The standard InChI is InChI=1S/C8H9Br2NO3S/c1-14-8-3-2-6(10)4-7(8)11-15(12,13)5-9/h2-4,11H,5H2,1H3. The molecular weight excluding hydrogens is 350 g/mol. The Hall–Kier alpha value is -0.270. The fraction of sp³-hybridized carbons (Fsp3) is 0.250. The lowest BCUT2D eigenvalue weighted by molar-refractivity contribution is 0.417. The first kappa shape index (κ1) is 12.8. The number of alkyl halides is 1. The summed E-state index contributed by atoms with van der Waals surface area (Å²) >= 11 is 6.14. The molecule has 0 spiro atoms. The average Bonchev–Trinajstić information content (AvgIpc) is 2.18. The second kappa shape index (κ2) is 5.18. The third-order valence-corrected chi connectivity index (χ3v) is 4.69. The van der Waals surface area contributed by atoms with Crippen LogP contribution in [0, 0.1) is 0 Å². The van der Waals surface area contributed by atoms with Crippen LogP contribution in [0.4, 0.5) is 5.69 Å². The summed E-state index contributed by atoms with van der Waals surface area (Å²) in [5.41, 5.74) is 0.409. The summed E-state index contributed by atoms with van der Waals surface area (Å²) in [6.45, 7) is 0. The van der Waals surface area contributed by atoms with Crippen molar-refractivity contribution in [1.29, 1.82) is 0 Å². The number of ether oxygens (including phenoxy) is 1. The van der Waals surface area contributed by atoms with Crippen LogP contribution in [0.3, 0.4) is 0 Å². The van der Waals surface area contributed by atoms with Crippen molar-refractivity contribution in [3.8, 4) is 5.75 Å². The van der Waals surface area contributed by atoms with E-state index < -0.39 is 10.0 Å². The number of halogens is 2. The molecule has 0 unspecified atom stereocenters. The predicted molar refractivity (Wildman–Crippen MR) is 67.0 cm³/mol. The van der Waals surface area contributed by atoms with Crippen LogP contribution in [0.2, 0.25) is 0 Å². The minimum Gasteiger partial charge on any atom is -0.495 e. The van der Waals surface area contributed by atoms with E-state index in [9.17, 15) is 8.42 Å². The fourth-order valence-electron chi connectivity index (χ4n) is 0.955. The third kappa shape index (κ3) is 3.66. The largest absolute Gasteiger partial charge is 0.495 e. The lowest BCUT2D eigenvalue weighted by atomic mass is 10.3. The molecule has 0 aromatic heterocycles. The first-order chi connectivity index (χ1) is 6.98. The summed E-state index contributed by atoms with van der Waals surface area (Å²) in [6, 6.07) is 5.08. The molecule has 0 amide bonds. The van der Waals surface area contributed by atoms with Crippen molar-refractivity contribution in [2.75, 3.05) is 16.5 Å². The van der Waals surface area contributed by atoms with Gasteiger partial charge in [0.2, 0.25) is 10.0 Å². The molecule has 0 radical (unpaired) electrons. The van der Waals surface area contributed by atoms with Crippen molar-refractivity contribution in [3.63, 3.8) is 0 Å². The SMILES string of the molecule is COc1ccc(Br)cc1NS(=O)(=O)CBr. The zero-order valence-electron chi connectivity index (χ0n) is 7.83. The zero-order chi connectivity index (χ0) is 11.5. The minimum absolute atomic E-state index is 0.157. The molecule has 0 bridgehead atoms. The van der Waals surface area contributed by atoms with Gasteiger partial charge in [-0.3, -0.25) is 4.72 Å². The van der Waals surface area contributed by atoms with E-state index in [0.29, 0.717) is 11.4 Å². The Morgan fingerprint density at radius 1 is 1.47 bits per heavy atom. The normalized spacial score (nSPS) is 11.1. The number of hydrogen-bond donors (Lipinski definition) is 1. The number of hydrogen-bond acceptors (Lipinski definition) is 3. The number of anilines is 1. The van der Waals surface area contributed by atoms with Gasteiger partial charge in [0.25, 0.3) is 0 Å². The second-order valence-electron chi connectivity index (χ2n) is 2.67. The van der Waals surface area contributed by atoms with Crippen LogP contribution in [-0.2, 0) is 10.0 Å². The van der Waals surface area contributed by atoms with Crippen LogP contribution in [-0.4, -0.2) is 20.2 Å². The summed E-state index contributed by atoms with van der Waals surface area (Å²) in [5, 5.41) is 0. The maximum atomic E-state index is 11.3. The molecule has 1 aromatic rings. The zero-order valence-corrected chi connectivity index (χ0v) is 11.8. The molecule has 0 aliphatic rings. The van der Waals surface area contributed by atoms with Gasteiger partial charge in [-0.25, -0.2) is 8.42 Å². The van der Waals surface area contributed by atoms with E-state index >= 15 is 0 Å². The maximum absolute atomic E-state index is 11.3. The van der Waals surface area contributed by atoms with Gasteiger partial charge in [-0.2, -0.15) is 0 Å². The smallest absolute Gasteiger partial charge is 0.242 e. The van der Waals surface area contributed by atoms with Gasteiger partial charge < -0.3 is 4.74 Å². The summed E-state index contributed by atoms with van der Waals surface area (Å²) < 4.78 is 30.7. The molecule has 0 saturated heterocycles. The van der Waals surface area contributed by atoms with E-state index in [4.69, 9.17) is 4.74 Å². The van der Waals surface area contributed by atoms with E-state index in [1.165, 1.54) is 7.11 Å².